The monoisotopic (exact) mass is 165 g/mol. The van der Waals surface area contributed by atoms with Crippen molar-refractivity contribution in [3.05, 3.63) is 24.3 Å². The molecule has 0 heterocycles. The van der Waals surface area contributed by atoms with Crippen molar-refractivity contribution in [3.8, 4) is 0 Å². The van der Waals surface area contributed by atoms with Gasteiger partial charge in [0.2, 0.25) is 0 Å². The molecule has 0 unspecified atom stereocenters. The molecule has 0 saturated carbocycles. The Kier molecular flexibility index (Phi) is 6.35. The Bertz CT molecular complexity index is 185. The van der Waals surface area contributed by atoms with Gasteiger partial charge in [-0.1, -0.05) is 39.0 Å². The average molecular weight is 165 g/mol. The molecule has 68 valence electrons. The summed E-state index contributed by atoms with van der Waals surface area (Å²) in [5, 5.41) is 0. The van der Waals surface area contributed by atoms with Crippen LogP contribution < -0.4 is 0 Å². The fourth-order valence-electron chi connectivity index (χ4n) is 0.894. The fourth-order valence-corrected chi connectivity index (χ4v) is 0.894. The first-order chi connectivity index (χ1) is 5.72. The van der Waals surface area contributed by atoms with Gasteiger partial charge in [-0.2, -0.15) is 0 Å². The first-order valence-electron chi connectivity index (χ1n) is 4.52. The quantitative estimate of drug-likeness (QED) is 0.448. The normalized spacial score (nSPS) is 13.9. The van der Waals surface area contributed by atoms with E-state index in [0.29, 0.717) is 5.92 Å². The van der Waals surface area contributed by atoms with E-state index in [2.05, 4.69) is 44.0 Å². The topological polar surface area (TPSA) is 12.4 Å². The number of nitrogens with zero attached hydrogens (tertiary/aromatic N) is 1. The molecular weight excluding hydrogens is 146 g/mol. The predicted octanol–water partition coefficient (Wildman–Crippen LogP) is 3.24. The molecule has 1 nitrogen and oxygen atoms in total. The molecule has 0 fully saturated rings. The predicted molar refractivity (Wildman–Crippen MR) is 56.8 cm³/mol. The van der Waals surface area contributed by atoms with Gasteiger partial charge >= 0.3 is 0 Å². The summed E-state index contributed by atoms with van der Waals surface area (Å²) in [6.07, 6.45) is 9.39. The van der Waals surface area contributed by atoms with Crippen molar-refractivity contribution in [3.63, 3.8) is 0 Å². The van der Waals surface area contributed by atoms with Crippen molar-refractivity contribution < 1.29 is 0 Å². The van der Waals surface area contributed by atoms with E-state index in [9.17, 15) is 0 Å². The van der Waals surface area contributed by atoms with Crippen LogP contribution >= 0.6 is 0 Å². The largest absolute Gasteiger partial charge is 0.293 e. The van der Waals surface area contributed by atoms with Crippen LogP contribution in [-0.2, 0) is 0 Å². The van der Waals surface area contributed by atoms with Crippen molar-refractivity contribution >= 4 is 5.71 Å². The van der Waals surface area contributed by atoms with Crippen LogP contribution in [0.3, 0.4) is 0 Å². The molecule has 1 heteroatoms. The summed E-state index contributed by atoms with van der Waals surface area (Å²) in [5.74, 6) is 0.515. The van der Waals surface area contributed by atoms with Gasteiger partial charge in [0, 0.05) is 12.8 Å². The molecule has 0 atom stereocenters. The van der Waals surface area contributed by atoms with E-state index in [1.165, 1.54) is 0 Å². The molecule has 0 aromatic heterocycles. The Balaban J connectivity index is 4.04. The maximum absolute atomic E-state index is 4.18. The number of aliphatic imine (C=N–C) groups is 1. The minimum atomic E-state index is 0.515. The first-order valence-corrected chi connectivity index (χ1v) is 4.52. The maximum Gasteiger partial charge on any atom is 0.0370 e. The Morgan fingerprint density at radius 1 is 1.33 bits per heavy atom. The van der Waals surface area contributed by atoms with E-state index in [1.54, 1.807) is 0 Å². The molecule has 0 bridgehead atoms. The molecule has 0 aromatic carbocycles. The molecule has 0 saturated heterocycles. The summed E-state index contributed by atoms with van der Waals surface area (Å²) in [6.45, 7) is 6.42. The van der Waals surface area contributed by atoms with E-state index < -0.39 is 0 Å². The van der Waals surface area contributed by atoms with E-state index in [-0.39, 0.29) is 0 Å². The van der Waals surface area contributed by atoms with Crippen LogP contribution in [-0.4, -0.2) is 12.8 Å². The van der Waals surface area contributed by atoms with Gasteiger partial charge < -0.3 is 0 Å². The van der Waals surface area contributed by atoms with Crippen molar-refractivity contribution in [2.24, 2.45) is 10.9 Å². The van der Waals surface area contributed by atoms with Crippen molar-refractivity contribution in [2.75, 3.05) is 7.05 Å². The Morgan fingerprint density at radius 3 is 2.42 bits per heavy atom. The van der Waals surface area contributed by atoms with Crippen molar-refractivity contribution in [1.29, 1.82) is 0 Å². The maximum atomic E-state index is 4.18. The van der Waals surface area contributed by atoms with Gasteiger partial charge in [0.25, 0.3) is 0 Å². The zero-order chi connectivity index (χ0) is 9.40. The van der Waals surface area contributed by atoms with Crippen LogP contribution in [0.4, 0.5) is 0 Å². The molecule has 0 aliphatic carbocycles. The smallest absolute Gasteiger partial charge is 0.0370 e. The lowest BCUT2D eigenvalue weighted by molar-refractivity contribution is 0.886. The summed E-state index contributed by atoms with van der Waals surface area (Å²) in [7, 11) is 1.84. The minimum absolute atomic E-state index is 0.515. The molecule has 0 rings (SSSR count). The molecule has 0 aliphatic heterocycles. The summed E-state index contributed by atoms with van der Waals surface area (Å²) >= 11 is 0. The van der Waals surface area contributed by atoms with E-state index in [0.717, 1.165) is 12.1 Å². The van der Waals surface area contributed by atoms with Crippen LogP contribution in [0, 0.1) is 5.92 Å². The van der Waals surface area contributed by atoms with Gasteiger partial charge in [-0.15, -0.1) is 0 Å². The highest BCUT2D eigenvalue weighted by Gasteiger charge is 1.96. The van der Waals surface area contributed by atoms with Crippen LogP contribution in [0.15, 0.2) is 29.3 Å². The fraction of sp³-hybridized carbons (Fsp3) is 0.545. The summed E-state index contributed by atoms with van der Waals surface area (Å²) in [6, 6.07) is 0. The minimum Gasteiger partial charge on any atom is -0.293 e. The highest BCUT2D eigenvalue weighted by Crippen LogP contribution is 1.98. The highest BCUT2D eigenvalue weighted by atomic mass is 14.7. The van der Waals surface area contributed by atoms with Crippen LogP contribution in [0.1, 0.15) is 27.2 Å². The lowest BCUT2D eigenvalue weighted by atomic mass is 10.1. The van der Waals surface area contributed by atoms with Gasteiger partial charge in [-0.25, -0.2) is 0 Å². The van der Waals surface area contributed by atoms with E-state index in [4.69, 9.17) is 0 Å². The van der Waals surface area contributed by atoms with Gasteiger partial charge in [0.15, 0.2) is 0 Å². The first kappa shape index (κ1) is 11.2. The highest BCUT2D eigenvalue weighted by molar-refractivity contribution is 5.96. The SMILES string of the molecule is CC/C=C/C=C\C(=NC)C(C)C. The molecule has 0 aliphatic rings. The lowest BCUT2D eigenvalue weighted by Crippen LogP contribution is -2.02. The van der Waals surface area contributed by atoms with Crippen LogP contribution in [0.2, 0.25) is 0 Å². The van der Waals surface area contributed by atoms with E-state index >= 15 is 0 Å². The van der Waals surface area contributed by atoms with Gasteiger partial charge in [-0.3, -0.25) is 4.99 Å². The second-order valence-corrected chi connectivity index (χ2v) is 3.00. The second kappa shape index (κ2) is 6.84. The molecule has 0 spiro atoms. The van der Waals surface area contributed by atoms with Gasteiger partial charge in [0.1, 0.15) is 0 Å². The summed E-state index contributed by atoms with van der Waals surface area (Å²) < 4.78 is 0. The molecule has 0 radical (unpaired) electrons. The van der Waals surface area contributed by atoms with Crippen LogP contribution in [0.5, 0.6) is 0 Å². The molecule has 0 amide bonds. The third-order valence-corrected chi connectivity index (χ3v) is 1.60. The number of allylic oxidation sites excluding steroid dienone is 4. The van der Waals surface area contributed by atoms with Gasteiger partial charge in [-0.05, 0) is 18.4 Å². The Hall–Kier alpha value is -0.850. The average Bonchev–Trinajstić information content (AvgIpc) is 2.04. The number of hydrogen-bond donors (Lipinski definition) is 0. The molecule has 12 heavy (non-hydrogen) atoms. The summed E-state index contributed by atoms with van der Waals surface area (Å²) in [4.78, 5) is 4.18. The Labute approximate surface area is 75.9 Å². The third-order valence-electron chi connectivity index (χ3n) is 1.60. The van der Waals surface area contributed by atoms with Crippen molar-refractivity contribution in [2.45, 2.75) is 27.2 Å². The van der Waals surface area contributed by atoms with Crippen molar-refractivity contribution in [1.82, 2.24) is 0 Å². The number of hydrogen-bond acceptors (Lipinski definition) is 1. The molecule has 0 aromatic rings. The summed E-state index contributed by atoms with van der Waals surface area (Å²) in [5.41, 5.74) is 1.15. The zero-order valence-electron chi connectivity index (χ0n) is 8.54. The molecule has 0 N–H and O–H groups in total. The van der Waals surface area contributed by atoms with Crippen LogP contribution in [0.25, 0.3) is 0 Å². The Morgan fingerprint density at radius 2 is 2.00 bits per heavy atom. The third kappa shape index (κ3) is 4.89. The van der Waals surface area contributed by atoms with E-state index in [1.807, 2.05) is 13.1 Å². The number of rotatable bonds is 4. The molecular formula is C11H19N. The lowest BCUT2D eigenvalue weighted by Gasteiger charge is -2.01. The standard InChI is InChI=1S/C11H19N/c1-5-6-7-8-9-11(12-4)10(2)3/h6-10H,5H2,1-4H3/b7-6+,9-8-,12-11?. The zero-order valence-corrected chi connectivity index (χ0v) is 8.54. The van der Waals surface area contributed by atoms with Gasteiger partial charge in [0.05, 0.1) is 0 Å². The second-order valence-electron chi connectivity index (χ2n) is 3.00.